The normalized spacial score (nSPS) is 10.5. The molecule has 3 aromatic rings. The van der Waals surface area contributed by atoms with Crippen molar-refractivity contribution in [2.45, 2.75) is 6.54 Å². The number of carbonyl (C=O) groups is 2. The minimum absolute atomic E-state index is 0.267. The molecule has 2 amide bonds. The van der Waals surface area contributed by atoms with Gasteiger partial charge in [0.2, 0.25) is 5.91 Å². The molecular formula is C23H21N3O3. The molecule has 29 heavy (non-hydrogen) atoms. The molecule has 0 unspecified atom stereocenters. The highest BCUT2D eigenvalue weighted by molar-refractivity contribution is 6.07. The lowest BCUT2D eigenvalue weighted by Gasteiger charge is -2.10. The first-order chi connectivity index (χ1) is 14.2. The molecule has 3 rings (SSSR count). The van der Waals surface area contributed by atoms with Crippen LogP contribution in [-0.2, 0) is 11.3 Å². The second-order valence-corrected chi connectivity index (χ2v) is 6.18. The summed E-state index contributed by atoms with van der Waals surface area (Å²) in [6.07, 6.45) is 6.46. The highest BCUT2D eigenvalue weighted by Crippen LogP contribution is 2.16. The van der Waals surface area contributed by atoms with E-state index < -0.39 is 0 Å². The van der Waals surface area contributed by atoms with Crippen molar-refractivity contribution in [1.82, 2.24) is 10.3 Å². The van der Waals surface area contributed by atoms with Crippen LogP contribution in [0.15, 0.2) is 79.1 Å². The zero-order valence-electron chi connectivity index (χ0n) is 16.0. The van der Waals surface area contributed by atoms with Crippen molar-refractivity contribution in [2.24, 2.45) is 0 Å². The van der Waals surface area contributed by atoms with Gasteiger partial charge in [0.25, 0.3) is 5.91 Å². The highest BCUT2D eigenvalue weighted by Gasteiger charge is 2.12. The van der Waals surface area contributed by atoms with Crippen LogP contribution >= 0.6 is 0 Å². The Morgan fingerprint density at radius 3 is 2.45 bits per heavy atom. The van der Waals surface area contributed by atoms with E-state index in [-0.39, 0.29) is 11.8 Å². The third-order valence-electron chi connectivity index (χ3n) is 4.17. The quantitative estimate of drug-likeness (QED) is 0.606. The van der Waals surface area contributed by atoms with E-state index in [4.69, 9.17) is 4.74 Å². The van der Waals surface area contributed by atoms with Crippen LogP contribution in [-0.4, -0.2) is 23.9 Å². The zero-order chi connectivity index (χ0) is 20.5. The number of nitrogens with one attached hydrogen (secondary N) is 2. The lowest BCUT2D eigenvalue weighted by Crippen LogP contribution is -2.24. The molecule has 0 aliphatic carbocycles. The van der Waals surface area contributed by atoms with Crippen LogP contribution in [0.2, 0.25) is 0 Å². The van der Waals surface area contributed by atoms with Crippen molar-refractivity contribution >= 4 is 23.6 Å². The number of aromatic nitrogens is 1. The fourth-order valence-corrected chi connectivity index (χ4v) is 2.63. The van der Waals surface area contributed by atoms with Crippen LogP contribution in [0.5, 0.6) is 5.75 Å². The number of benzene rings is 2. The van der Waals surface area contributed by atoms with E-state index in [0.717, 1.165) is 16.9 Å². The maximum absolute atomic E-state index is 12.6. The van der Waals surface area contributed by atoms with Crippen LogP contribution in [0, 0.1) is 0 Å². The number of hydrogen-bond donors (Lipinski definition) is 2. The molecule has 1 heterocycles. The van der Waals surface area contributed by atoms with Crippen molar-refractivity contribution in [3.63, 3.8) is 0 Å². The largest absolute Gasteiger partial charge is 0.497 e. The predicted molar refractivity (Wildman–Crippen MR) is 113 cm³/mol. The number of ether oxygens (including phenoxy) is 1. The Bertz CT molecular complexity index is 999. The second-order valence-electron chi connectivity index (χ2n) is 6.18. The van der Waals surface area contributed by atoms with Gasteiger partial charge in [0.15, 0.2) is 0 Å². The molecule has 6 nitrogen and oxygen atoms in total. The minimum atomic E-state index is -0.324. The molecular weight excluding hydrogens is 366 g/mol. The second kappa shape index (κ2) is 9.85. The van der Waals surface area contributed by atoms with Gasteiger partial charge < -0.3 is 15.4 Å². The Morgan fingerprint density at radius 1 is 1.00 bits per heavy atom. The number of para-hydroxylation sites is 1. The van der Waals surface area contributed by atoms with E-state index in [1.54, 1.807) is 49.8 Å². The highest BCUT2D eigenvalue weighted by atomic mass is 16.5. The fraction of sp³-hybridized carbons (Fsp3) is 0.0870. The maximum atomic E-state index is 12.6. The molecule has 146 valence electrons. The fourth-order valence-electron chi connectivity index (χ4n) is 2.63. The third kappa shape index (κ3) is 5.77. The first kappa shape index (κ1) is 19.8. The summed E-state index contributed by atoms with van der Waals surface area (Å²) in [6, 6.07) is 17.9. The molecule has 0 saturated carbocycles. The van der Waals surface area contributed by atoms with Crippen LogP contribution in [0.25, 0.3) is 6.08 Å². The Balaban J connectivity index is 1.63. The SMILES string of the molecule is COc1ccc(C=CC(=O)Nc2ccccc2C(=O)NCc2ccncc2)cc1. The van der Waals surface area contributed by atoms with Crippen molar-refractivity contribution in [3.8, 4) is 5.75 Å². The van der Waals surface area contributed by atoms with Crippen molar-refractivity contribution in [1.29, 1.82) is 0 Å². The minimum Gasteiger partial charge on any atom is -0.497 e. The molecule has 0 spiro atoms. The standard InChI is InChI=1S/C23H21N3O3/c1-29-19-9-6-17(7-10-19)8-11-22(27)26-21-5-3-2-4-20(21)23(28)25-16-18-12-14-24-15-13-18/h2-15H,16H2,1H3,(H,25,28)(H,26,27). The summed E-state index contributed by atoms with van der Waals surface area (Å²) >= 11 is 0. The van der Waals surface area contributed by atoms with Crippen LogP contribution in [0.4, 0.5) is 5.69 Å². The van der Waals surface area contributed by atoms with Crippen LogP contribution in [0.1, 0.15) is 21.5 Å². The summed E-state index contributed by atoms with van der Waals surface area (Å²) in [6.45, 7) is 0.376. The van der Waals surface area contributed by atoms with E-state index in [1.807, 2.05) is 36.4 Å². The van der Waals surface area contributed by atoms with E-state index in [1.165, 1.54) is 6.08 Å². The number of amides is 2. The first-order valence-corrected chi connectivity index (χ1v) is 9.05. The van der Waals surface area contributed by atoms with Gasteiger partial charge in [-0.2, -0.15) is 0 Å². The monoisotopic (exact) mass is 387 g/mol. The van der Waals surface area contributed by atoms with E-state index >= 15 is 0 Å². The van der Waals surface area contributed by atoms with E-state index in [0.29, 0.717) is 17.8 Å². The molecule has 6 heteroatoms. The number of nitrogens with zero attached hydrogens (tertiary/aromatic N) is 1. The third-order valence-corrected chi connectivity index (χ3v) is 4.17. The molecule has 0 aliphatic rings. The predicted octanol–water partition coefficient (Wildman–Crippen LogP) is 3.67. The Kier molecular flexibility index (Phi) is 6.73. The zero-order valence-corrected chi connectivity index (χ0v) is 16.0. The van der Waals surface area contributed by atoms with Crippen molar-refractivity contribution in [3.05, 3.63) is 95.8 Å². The van der Waals surface area contributed by atoms with E-state index in [9.17, 15) is 9.59 Å². The van der Waals surface area contributed by atoms with Crippen molar-refractivity contribution < 1.29 is 14.3 Å². The summed E-state index contributed by atoms with van der Waals surface area (Å²) < 4.78 is 5.11. The number of carbonyl (C=O) groups excluding carboxylic acids is 2. The lowest BCUT2D eigenvalue weighted by molar-refractivity contribution is -0.111. The molecule has 0 atom stereocenters. The molecule has 0 saturated heterocycles. The maximum Gasteiger partial charge on any atom is 0.253 e. The van der Waals surface area contributed by atoms with Crippen LogP contribution in [0.3, 0.4) is 0 Å². The summed E-state index contributed by atoms with van der Waals surface area (Å²) in [5.74, 6) is 0.158. The molecule has 1 aromatic heterocycles. The Labute approximate surface area is 169 Å². The summed E-state index contributed by atoms with van der Waals surface area (Å²) in [5.41, 5.74) is 2.65. The molecule has 0 radical (unpaired) electrons. The summed E-state index contributed by atoms with van der Waals surface area (Å²) in [5, 5.41) is 5.61. The topological polar surface area (TPSA) is 80.3 Å². The summed E-state index contributed by atoms with van der Waals surface area (Å²) in [4.78, 5) is 28.8. The Morgan fingerprint density at radius 2 is 1.72 bits per heavy atom. The van der Waals surface area contributed by atoms with Gasteiger partial charge in [0.1, 0.15) is 5.75 Å². The summed E-state index contributed by atoms with van der Waals surface area (Å²) in [7, 11) is 1.60. The molecule has 2 aromatic carbocycles. The molecule has 0 bridgehead atoms. The van der Waals surface area contributed by atoms with Gasteiger partial charge >= 0.3 is 0 Å². The number of methoxy groups -OCH3 is 1. The van der Waals surface area contributed by atoms with Gasteiger partial charge in [-0.1, -0.05) is 24.3 Å². The van der Waals surface area contributed by atoms with Gasteiger partial charge in [-0.15, -0.1) is 0 Å². The average molecular weight is 387 g/mol. The molecule has 2 N–H and O–H groups in total. The Hall–Kier alpha value is -3.93. The van der Waals surface area contributed by atoms with Gasteiger partial charge in [0, 0.05) is 25.0 Å². The van der Waals surface area contributed by atoms with E-state index in [2.05, 4.69) is 15.6 Å². The first-order valence-electron chi connectivity index (χ1n) is 9.05. The lowest BCUT2D eigenvalue weighted by atomic mass is 10.1. The van der Waals surface area contributed by atoms with Gasteiger partial charge in [-0.05, 0) is 53.6 Å². The number of pyridine rings is 1. The molecule has 0 aliphatic heterocycles. The van der Waals surface area contributed by atoms with Gasteiger partial charge in [0.05, 0.1) is 18.4 Å². The number of rotatable bonds is 7. The van der Waals surface area contributed by atoms with Crippen molar-refractivity contribution in [2.75, 3.05) is 12.4 Å². The molecule has 0 fully saturated rings. The average Bonchev–Trinajstić information content (AvgIpc) is 2.77. The smallest absolute Gasteiger partial charge is 0.253 e. The van der Waals surface area contributed by atoms with Crippen LogP contribution < -0.4 is 15.4 Å². The van der Waals surface area contributed by atoms with Gasteiger partial charge in [-0.3, -0.25) is 14.6 Å². The number of hydrogen-bond acceptors (Lipinski definition) is 4. The van der Waals surface area contributed by atoms with Gasteiger partial charge in [-0.25, -0.2) is 0 Å². The number of anilines is 1.